The molecule has 5 heteroatoms. The molecule has 3 rings (SSSR count). The Morgan fingerprint density at radius 2 is 1.37 bits per heavy atom. The first-order chi connectivity index (χ1) is 8.77. The molecule has 19 heavy (non-hydrogen) atoms. The summed E-state index contributed by atoms with van der Waals surface area (Å²) < 4.78 is 9.02. The Balaban J connectivity index is 0.000000180. The van der Waals surface area contributed by atoms with Crippen LogP contribution in [0.25, 0.3) is 11.5 Å². The van der Waals surface area contributed by atoms with Gasteiger partial charge >= 0.3 is 23.0 Å². The van der Waals surface area contributed by atoms with Crippen molar-refractivity contribution in [3.63, 3.8) is 0 Å². The minimum absolute atomic E-state index is 0. The molecule has 0 aliphatic heterocycles. The van der Waals surface area contributed by atoms with E-state index in [0.717, 1.165) is 5.56 Å². The first-order valence-corrected chi connectivity index (χ1v) is 5.32. The summed E-state index contributed by atoms with van der Waals surface area (Å²) in [5.41, 5.74) is 1.33. The van der Waals surface area contributed by atoms with Crippen molar-refractivity contribution in [1.82, 2.24) is 0 Å². The summed E-state index contributed by atoms with van der Waals surface area (Å²) >= 11 is 0. The van der Waals surface area contributed by atoms with Gasteiger partial charge in [-0.15, -0.1) is 17.7 Å². The summed E-state index contributed by atoms with van der Waals surface area (Å²) in [7, 11) is 0. The average Bonchev–Trinajstić information content (AvgIpc) is 3.26. The van der Waals surface area contributed by atoms with Crippen LogP contribution in [0.1, 0.15) is 10.4 Å². The largest absolute Gasteiger partial charge is 1.00 e. The molecule has 0 radical (unpaired) electrons. The molecule has 102 valence electrons. The average molecular weight is 307 g/mol. The number of rotatable bonds is 2. The maximum atomic E-state index is 10.2. The minimum atomic E-state index is -0.879. The van der Waals surface area contributed by atoms with E-state index in [4.69, 9.17) is 5.11 Å². The molecule has 0 bridgehead atoms. The molecule has 0 unspecified atom stereocenters. The fraction of sp³-hybridized carbons (Fsp3) is 0. The summed E-state index contributed by atoms with van der Waals surface area (Å²) in [5, 5.41) is 8.38. The first-order valence-electron chi connectivity index (χ1n) is 5.32. The standard InChI is InChI=1S/C7H5O2.C7H6O2.Cu/c1-2-4-6(5-3-1)7-8-9-7;8-7(9)6-4-2-1-3-5-6;/h1-5H;1-5H,(H,8,9);/q-1;;+1. The van der Waals surface area contributed by atoms with Gasteiger partial charge in [0.15, 0.2) is 0 Å². The summed E-state index contributed by atoms with van der Waals surface area (Å²) in [6.07, 6.45) is 0. The second-order valence-electron chi connectivity index (χ2n) is 3.49. The van der Waals surface area contributed by atoms with Crippen molar-refractivity contribution in [2.75, 3.05) is 0 Å². The van der Waals surface area contributed by atoms with Crippen molar-refractivity contribution in [3.8, 4) is 11.5 Å². The van der Waals surface area contributed by atoms with E-state index in [1.54, 1.807) is 30.3 Å². The van der Waals surface area contributed by atoms with Crippen LogP contribution in [0.15, 0.2) is 69.8 Å². The third-order valence-electron chi connectivity index (χ3n) is 2.20. The molecule has 0 saturated heterocycles. The van der Waals surface area contributed by atoms with Crippen LogP contribution in [-0.4, -0.2) is 11.1 Å². The molecule has 1 heterocycles. The number of aromatic carboxylic acids is 1. The summed E-state index contributed by atoms with van der Waals surface area (Å²) in [6.45, 7) is 0. The van der Waals surface area contributed by atoms with Gasteiger partial charge in [0.05, 0.1) is 5.56 Å². The normalized spacial score (nSPS) is 9.05. The van der Waals surface area contributed by atoms with Gasteiger partial charge < -0.3 is 14.3 Å². The van der Waals surface area contributed by atoms with E-state index in [2.05, 4.69) is 9.15 Å². The number of carbonyl (C=O) groups is 1. The maximum absolute atomic E-state index is 10.2. The van der Waals surface area contributed by atoms with Gasteiger partial charge in [-0.05, 0) is 12.1 Å². The zero-order chi connectivity index (χ0) is 12.8. The maximum Gasteiger partial charge on any atom is 1.00 e. The van der Waals surface area contributed by atoms with Gasteiger partial charge in [0.2, 0.25) is 0 Å². The molecule has 0 saturated carbocycles. The summed E-state index contributed by atoms with van der Waals surface area (Å²) in [4.78, 5) is 10.2. The SMILES string of the molecule is O=C(O)c1ccccc1.[Cu+].c1ccc(-[c-]2oo2)cc1. The van der Waals surface area contributed by atoms with E-state index >= 15 is 0 Å². The van der Waals surface area contributed by atoms with Gasteiger partial charge in [-0.2, -0.15) is 12.1 Å². The van der Waals surface area contributed by atoms with Crippen LogP contribution in [0.5, 0.6) is 0 Å². The van der Waals surface area contributed by atoms with Gasteiger partial charge in [-0.25, -0.2) is 4.79 Å². The second-order valence-corrected chi connectivity index (χ2v) is 3.49. The van der Waals surface area contributed by atoms with E-state index in [0.29, 0.717) is 11.5 Å². The topological polar surface area (TPSA) is 63.6 Å². The molecule has 2 aromatic carbocycles. The Morgan fingerprint density at radius 1 is 0.895 bits per heavy atom. The Morgan fingerprint density at radius 3 is 1.74 bits per heavy atom. The van der Waals surface area contributed by atoms with E-state index in [-0.39, 0.29) is 17.1 Å². The third kappa shape index (κ3) is 4.95. The number of hydrogen-bond donors (Lipinski definition) is 1. The van der Waals surface area contributed by atoms with E-state index in [1.165, 1.54) is 0 Å². The molecule has 0 atom stereocenters. The fourth-order valence-corrected chi connectivity index (χ4v) is 1.27. The monoisotopic (exact) mass is 306 g/mol. The third-order valence-corrected chi connectivity index (χ3v) is 2.20. The molecular weight excluding hydrogens is 296 g/mol. The zero-order valence-electron chi connectivity index (χ0n) is 9.75. The predicted octanol–water partition coefficient (Wildman–Crippen LogP) is 3.64. The van der Waals surface area contributed by atoms with Crippen LogP contribution in [-0.2, 0) is 17.1 Å². The van der Waals surface area contributed by atoms with Crippen LogP contribution < -0.4 is 0 Å². The number of carboxylic acid groups (broad SMARTS) is 1. The van der Waals surface area contributed by atoms with Crippen molar-refractivity contribution < 1.29 is 36.1 Å². The number of benzene rings is 2. The predicted molar refractivity (Wildman–Crippen MR) is 65.4 cm³/mol. The Hall–Kier alpha value is -2.10. The zero-order valence-corrected chi connectivity index (χ0v) is 10.7. The Labute approximate surface area is 120 Å². The molecule has 3 aromatic rings. The Bertz CT molecular complexity index is 569. The van der Waals surface area contributed by atoms with E-state index in [9.17, 15) is 4.79 Å². The van der Waals surface area contributed by atoms with Gasteiger partial charge in [-0.1, -0.05) is 24.3 Å². The molecule has 0 aliphatic carbocycles. The second kappa shape index (κ2) is 7.36. The Kier molecular flexibility index (Phi) is 5.79. The van der Waals surface area contributed by atoms with Crippen LogP contribution in [0.3, 0.4) is 0 Å². The van der Waals surface area contributed by atoms with Crippen molar-refractivity contribution in [2.24, 2.45) is 0 Å². The van der Waals surface area contributed by atoms with E-state index < -0.39 is 5.97 Å². The minimum Gasteiger partial charge on any atom is -0.478 e. The molecule has 1 aromatic heterocycles. The van der Waals surface area contributed by atoms with Crippen molar-refractivity contribution in [3.05, 3.63) is 66.2 Å². The van der Waals surface area contributed by atoms with Crippen molar-refractivity contribution >= 4 is 5.97 Å². The van der Waals surface area contributed by atoms with Crippen LogP contribution >= 0.6 is 0 Å². The number of hydrogen-bond acceptors (Lipinski definition) is 3. The molecule has 1 N–H and O–H groups in total. The molecule has 0 amide bonds. The molecule has 0 aliphatic rings. The van der Waals surface area contributed by atoms with Crippen LogP contribution in [0.2, 0.25) is 0 Å². The smallest absolute Gasteiger partial charge is 0.478 e. The van der Waals surface area contributed by atoms with Crippen LogP contribution in [0, 0.1) is 0 Å². The van der Waals surface area contributed by atoms with Gasteiger partial charge in [0, 0.05) is 0 Å². The number of carboxylic acids is 1. The van der Waals surface area contributed by atoms with Crippen molar-refractivity contribution in [1.29, 1.82) is 0 Å². The summed E-state index contributed by atoms with van der Waals surface area (Å²) in [6, 6.07) is 18.0. The quantitative estimate of drug-likeness (QED) is 0.446. The molecule has 4 nitrogen and oxygen atoms in total. The van der Waals surface area contributed by atoms with Crippen LogP contribution in [0.4, 0.5) is 0 Å². The molecular formula is C14H11CuO4. The van der Waals surface area contributed by atoms with Crippen molar-refractivity contribution in [2.45, 2.75) is 0 Å². The summed E-state index contributed by atoms with van der Waals surface area (Å²) in [5.74, 6) is -0.258. The first kappa shape index (κ1) is 15.0. The fourth-order valence-electron chi connectivity index (χ4n) is 1.27. The van der Waals surface area contributed by atoms with Gasteiger partial charge in [0.1, 0.15) is 0 Å². The molecule has 0 fully saturated rings. The molecule has 0 spiro atoms. The van der Waals surface area contributed by atoms with E-state index in [1.807, 2.05) is 30.3 Å². The van der Waals surface area contributed by atoms with Gasteiger partial charge in [-0.3, -0.25) is 0 Å². The van der Waals surface area contributed by atoms with Gasteiger partial charge in [0.25, 0.3) is 5.96 Å².